The molecule has 1 amide bonds. The van der Waals surface area contributed by atoms with Gasteiger partial charge in [-0.1, -0.05) is 0 Å². The zero-order valence-electron chi connectivity index (χ0n) is 18.3. The molecule has 4 aliphatic rings. The van der Waals surface area contributed by atoms with E-state index in [1.807, 2.05) is 26.0 Å². The average Bonchev–Trinajstić information content (AvgIpc) is 3.24. The summed E-state index contributed by atoms with van der Waals surface area (Å²) >= 11 is 0. The summed E-state index contributed by atoms with van der Waals surface area (Å²) in [5, 5.41) is 12.2. The van der Waals surface area contributed by atoms with E-state index < -0.39 is 0 Å². The molecule has 8 nitrogen and oxygen atoms in total. The Morgan fingerprint density at radius 3 is 2.56 bits per heavy atom. The van der Waals surface area contributed by atoms with Crippen molar-refractivity contribution in [1.82, 2.24) is 30.5 Å². The van der Waals surface area contributed by atoms with Gasteiger partial charge in [0.1, 0.15) is 5.69 Å². The maximum atomic E-state index is 13.1. The molecule has 8 heteroatoms. The van der Waals surface area contributed by atoms with Gasteiger partial charge in [-0.3, -0.25) is 14.8 Å². The van der Waals surface area contributed by atoms with Crippen molar-refractivity contribution in [2.24, 2.45) is 11.8 Å². The third kappa shape index (κ3) is 3.20. The van der Waals surface area contributed by atoms with Gasteiger partial charge in [0.05, 0.1) is 22.9 Å². The highest BCUT2D eigenvalue weighted by molar-refractivity contribution is 5.92. The van der Waals surface area contributed by atoms with E-state index in [0.29, 0.717) is 29.3 Å². The van der Waals surface area contributed by atoms with Crippen molar-refractivity contribution in [1.29, 1.82) is 0 Å². The molecule has 4 saturated carbocycles. The Labute approximate surface area is 186 Å². The van der Waals surface area contributed by atoms with Crippen LogP contribution in [0.15, 0.2) is 35.1 Å². The summed E-state index contributed by atoms with van der Waals surface area (Å²) in [5.41, 5.74) is 2.46. The maximum Gasteiger partial charge on any atom is 0.271 e. The minimum Gasteiger partial charge on any atom is -0.420 e. The number of hydrogen-bond donors (Lipinski definition) is 1. The molecule has 4 bridgehead atoms. The van der Waals surface area contributed by atoms with Crippen molar-refractivity contribution >= 4 is 5.91 Å². The third-order valence-electron chi connectivity index (χ3n) is 7.46. The molecule has 4 aliphatic carbocycles. The zero-order valence-corrected chi connectivity index (χ0v) is 18.3. The van der Waals surface area contributed by atoms with Gasteiger partial charge in [0.25, 0.3) is 5.91 Å². The zero-order chi connectivity index (χ0) is 21.9. The Morgan fingerprint density at radius 2 is 1.84 bits per heavy atom. The number of carbonyl (C=O) groups excluding carboxylic acids is 1. The Kier molecular flexibility index (Phi) is 4.22. The summed E-state index contributed by atoms with van der Waals surface area (Å²) < 4.78 is 6.25. The van der Waals surface area contributed by atoms with E-state index in [1.54, 1.807) is 18.6 Å². The van der Waals surface area contributed by atoms with Crippen molar-refractivity contribution in [3.63, 3.8) is 0 Å². The fourth-order valence-electron chi connectivity index (χ4n) is 6.69. The number of amides is 1. The number of hydrogen-bond acceptors (Lipinski definition) is 7. The molecule has 164 valence electrons. The molecule has 2 atom stereocenters. The van der Waals surface area contributed by atoms with E-state index in [0.717, 1.165) is 49.1 Å². The highest BCUT2D eigenvalue weighted by atomic mass is 16.4. The maximum absolute atomic E-state index is 13.1. The Hall–Kier alpha value is -3.16. The van der Waals surface area contributed by atoms with Crippen molar-refractivity contribution in [3.8, 4) is 11.5 Å². The van der Waals surface area contributed by atoms with Gasteiger partial charge in [0.15, 0.2) is 0 Å². The van der Waals surface area contributed by atoms with Crippen molar-refractivity contribution in [3.05, 3.63) is 53.7 Å². The Bertz CT molecular complexity index is 1170. The molecule has 3 aromatic heterocycles. The fourth-order valence-corrected chi connectivity index (χ4v) is 6.69. The first kappa shape index (κ1) is 19.5. The lowest BCUT2D eigenvalue weighted by molar-refractivity contribution is -0.0471. The molecule has 7 rings (SSSR count). The highest BCUT2D eigenvalue weighted by Crippen LogP contribution is 2.62. The van der Waals surface area contributed by atoms with Gasteiger partial charge in [-0.25, -0.2) is 4.98 Å². The van der Waals surface area contributed by atoms with Crippen molar-refractivity contribution in [2.75, 3.05) is 0 Å². The second kappa shape index (κ2) is 6.92. The normalized spacial score (nSPS) is 30.4. The molecular formula is C24H26N6O2. The van der Waals surface area contributed by atoms with Crippen LogP contribution in [0.1, 0.15) is 66.3 Å². The molecule has 4 fully saturated rings. The van der Waals surface area contributed by atoms with E-state index in [-0.39, 0.29) is 16.9 Å². The molecule has 0 aromatic carbocycles. The Morgan fingerprint density at radius 1 is 1.03 bits per heavy atom. The summed E-state index contributed by atoms with van der Waals surface area (Å²) in [6, 6.07) is 3.91. The number of aromatic nitrogens is 5. The Balaban J connectivity index is 1.30. The van der Waals surface area contributed by atoms with Crippen LogP contribution in [0.3, 0.4) is 0 Å². The monoisotopic (exact) mass is 430 g/mol. The lowest BCUT2D eigenvalue weighted by atomic mass is 9.46. The minimum atomic E-state index is -0.257. The highest BCUT2D eigenvalue weighted by Gasteiger charge is 2.60. The molecule has 32 heavy (non-hydrogen) atoms. The summed E-state index contributed by atoms with van der Waals surface area (Å²) in [7, 11) is 0. The van der Waals surface area contributed by atoms with Crippen molar-refractivity contribution < 1.29 is 9.21 Å². The topological polar surface area (TPSA) is 107 Å². The van der Waals surface area contributed by atoms with Crippen LogP contribution in [-0.2, 0) is 5.41 Å². The number of aryl methyl sites for hydroxylation is 2. The second-order valence-corrected chi connectivity index (χ2v) is 10.1. The molecule has 3 aromatic rings. The first-order chi connectivity index (χ1) is 15.4. The van der Waals surface area contributed by atoms with Crippen LogP contribution in [0.5, 0.6) is 0 Å². The summed E-state index contributed by atoms with van der Waals surface area (Å²) in [6.07, 6.45) is 11.1. The molecule has 0 radical (unpaired) electrons. The number of nitrogens with zero attached hydrogens (tertiary/aromatic N) is 5. The van der Waals surface area contributed by atoms with Gasteiger partial charge >= 0.3 is 0 Å². The van der Waals surface area contributed by atoms with Crippen LogP contribution in [0, 0.1) is 25.7 Å². The van der Waals surface area contributed by atoms with Crippen LogP contribution in [-0.4, -0.2) is 36.6 Å². The van der Waals surface area contributed by atoms with Gasteiger partial charge in [0, 0.05) is 23.6 Å². The summed E-state index contributed by atoms with van der Waals surface area (Å²) in [6.45, 7) is 3.80. The first-order valence-corrected chi connectivity index (χ1v) is 11.3. The summed E-state index contributed by atoms with van der Waals surface area (Å²) in [4.78, 5) is 25.9. The second-order valence-electron chi connectivity index (χ2n) is 10.1. The van der Waals surface area contributed by atoms with Crippen LogP contribution < -0.4 is 5.32 Å². The standard InChI is InChI=1S/C24H26N6O2/c1-14-3-4-18(11-26-14)21-29-30-22(32-21)23-6-16-5-17(7-23)9-24(8-16,13-23)28-20(31)19-12-25-10-15(2)27-19/h3-4,10-12,16-17H,5-9,13H2,1-2H3,(H,28,31). The lowest BCUT2D eigenvalue weighted by Crippen LogP contribution is -2.64. The number of carbonyl (C=O) groups is 1. The summed E-state index contributed by atoms with van der Waals surface area (Å²) in [5.74, 6) is 2.18. The number of pyridine rings is 1. The number of rotatable bonds is 4. The third-order valence-corrected chi connectivity index (χ3v) is 7.46. The fraction of sp³-hybridized carbons (Fsp3) is 0.500. The number of nitrogens with one attached hydrogen (secondary N) is 1. The quantitative estimate of drug-likeness (QED) is 0.674. The van der Waals surface area contributed by atoms with Crippen LogP contribution in [0.25, 0.3) is 11.5 Å². The van der Waals surface area contributed by atoms with E-state index in [9.17, 15) is 4.79 Å². The lowest BCUT2D eigenvalue weighted by Gasteiger charge is -2.60. The molecule has 1 N–H and O–H groups in total. The predicted octanol–water partition coefficient (Wildman–Crippen LogP) is 3.56. The van der Waals surface area contributed by atoms with Crippen LogP contribution in [0.2, 0.25) is 0 Å². The van der Waals surface area contributed by atoms with E-state index >= 15 is 0 Å². The molecule has 0 aliphatic heterocycles. The SMILES string of the molecule is Cc1ccc(-c2nnc(C34CC5CC(CC(NC(=O)c6cncc(C)n6)(C5)C3)C4)o2)cn1. The van der Waals surface area contributed by atoms with Gasteiger partial charge < -0.3 is 9.73 Å². The van der Waals surface area contributed by atoms with Gasteiger partial charge in [0.2, 0.25) is 11.8 Å². The average molecular weight is 431 g/mol. The van der Waals surface area contributed by atoms with Crippen LogP contribution >= 0.6 is 0 Å². The molecule has 2 unspecified atom stereocenters. The van der Waals surface area contributed by atoms with Crippen molar-refractivity contribution in [2.45, 2.75) is 63.3 Å². The van der Waals surface area contributed by atoms with Gasteiger partial charge in [-0.15, -0.1) is 10.2 Å². The van der Waals surface area contributed by atoms with Crippen LogP contribution in [0.4, 0.5) is 0 Å². The molecule has 0 saturated heterocycles. The van der Waals surface area contributed by atoms with Gasteiger partial charge in [-0.05, 0) is 76.3 Å². The van der Waals surface area contributed by atoms with E-state index in [4.69, 9.17) is 4.42 Å². The molecule has 0 spiro atoms. The predicted molar refractivity (Wildman–Crippen MR) is 116 cm³/mol. The first-order valence-electron chi connectivity index (χ1n) is 11.3. The molecule has 3 heterocycles. The minimum absolute atomic E-state index is 0.143. The van der Waals surface area contributed by atoms with E-state index in [1.165, 1.54) is 6.42 Å². The molecular weight excluding hydrogens is 404 g/mol. The smallest absolute Gasteiger partial charge is 0.271 e. The van der Waals surface area contributed by atoms with Gasteiger partial charge in [-0.2, -0.15) is 0 Å². The largest absolute Gasteiger partial charge is 0.420 e. The van der Waals surface area contributed by atoms with E-state index in [2.05, 4.69) is 30.5 Å².